The number of benzene rings is 1. The van der Waals surface area contributed by atoms with Crippen LogP contribution in [0.25, 0.3) is 0 Å². The fraction of sp³-hybridized carbons (Fsp3) is 0.333. The third-order valence-corrected chi connectivity index (χ3v) is 4.97. The third kappa shape index (κ3) is 2.54. The van der Waals surface area contributed by atoms with Crippen LogP contribution in [0.1, 0.15) is 6.42 Å². The molecule has 0 aliphatic heterocycles. The zero-order valence-electron chi connectivity index (χ0n) is 10.9. The summed E-state index contributed by atoms with van der Waals surface area (Å²) in [5.41, 5.74) is 0.519. The Kier molecular flexibility index (Phi) is 3.68. The van der Waals surface area contributed by atoms with Gasteiger partial charge in [-0.05, 0) is 36.5 Å². The van der Waals surface area contributed by atoms with Crippen LogP contribution in [0.5, 0.6) is 0 Å². The van der Waals surface area contributed by atoms with Crippen LogP contribution in [-0.2, 0) is 9.59 Å². The van der Waals surface area contributed by atoms with E-state index in [4.69, 9.17) is 23.2 Å². The molecule has 2 aliphatic rings. The first-order valence-electron chi connectivity index (χ1n) is 6.64. The number of amides is 1. The van der Waals surface area contributed by atoms with E-state index in [1.165, 1.54) is 0 Å². The number of hydrogen-bond donors (Lipinski definition) is 2. The average molecular weight is 326 g/mol. The van der Waals surface area contributed by atoms with E-state index in [1.54, 1.807) is 18.2 Å². The fourth-order valence-electron chi connectivity index (χ4n) is 3.32. The molecule has 2 aliphatic carbocycles. The number of anilines is 1. The molecule has 1 aromatic carbocycles. The van der Waals surface area contributed by atoms with Crippen molar-refractivity contribution in [3.05, 3.63) is 40.4 Å². The van der Waals surface area contributed by atoms with Gasteiger partial charge in [-0.25, -0.2) is 0 Å². The Morgan fingerprint density at radius 3 is 2.38 bits per heavy atom. The number of carbonyl (C=O) groups excluding carboxylic acids is 1. The number of carboxylic acid groups (broad SMARTS) is 1. The van der Waals surface area contributed by atoms with Crippen molar-refractivity contribution >= 4 is 40.8 Å². The lowest BCUT2D eigenvalue weighted by Crippen LogP contribution is -2.36. The zero-order valence-corrected chi connectivity index (χ0v) is 12.4. The number of aliphatic carboxylic acids is 1. The first-order chi connectivity index (χ1) is 9.97. The van der Waals surface area contributed by atoms with Gasteiger partial charge in [0.1, 0.15) is 0 Å². The molecule has 2 N–H and O–H groups in total. The third-order valence-electron chi connectivity index (χ3n) is 4.23. The maximum atomic E-state index is 12.4. The van der Waals surface area contributed by atoms with E-state index in [1.807, 2.05) is 12.2 Å². The highest BCUT2D eigenvalue weighted by atomic mass is 35.5. The Morgan fingerprint density at radius 2 is 1.76 bits per heavy atom. The number of rotatable bonds is 3. The number of allylic oxidation sites excluding steroid dienone is 2. The van der Waals surface area contributed by atoms with Gasteiger partial charge in [0.25, 0.3) is 0 Å². The summed E-state index contributed by atoms with van der Waals surface area (Å²) in [4.78, 5) is 23.8. The normalized spacial score (nSPS) is 29.6. The molecule has 0 aromatic heterocycles. The molecule has 21 heavy (non-hydrogen) atoms. The number of halogens is 2. The number of nitrogens with one attached hydrogen (secondary N) is 1. The molecule has 0 radical (unpaired) electrons. The lowest BCUT2D eigenvalue weighted by Gasteiger charge is -2.23. The number of carboxylic acids is 1. The highest BCUT2D eigenvalue weighted by molar-refractivity contribution is 6.42. The van der Waals surface area contributed by atoms with E-state index in [0.717, 1.165) is 6.42 Å². The van der Waals surface area contributed by atoms with E-state index in [0.29, 0.717) is 15.7 Å². The smallest absolute Gasteiger partial charge is 0.307 e. The van der Waals surface area contributed by atoms with Crippen LogP contribution < -0.4 is 5.32 Å². The van der Waals surface area contributed by atoms with Gasteiger partial charge in [0.2, 0.25) is 5.91 Å². The van der Waals surface area contributed by atoms with Crippen molar-refractivity contribution in [2.45, 2.75) is 6.42 Å². The van der Waals surface area contributed by atoms with E-state index in [2.05, 4.69) is 5.32 Å². The van der Waals surface area contributed by atoms with Crippen molar-refractivity contribution in [1.29, 1.82) is 0 Å². The topological polar surface area (TPSA) is 66.4 Å². The van der Waals surface area contributed by atoms with Gasteiger partial charge < -0.3 is 10.4 Å². The SMILES string of the molecule is O=C(O)[C@@H]1[C@@H](C(=O)Nc2ccc(Cl)c(Cl)c2)[C@H]2C=C[C@@H]1C2. The second-order valence-electron chi connectivity index (χ2n) is 5.46. The summed E-state index contributed by atoms with van der Waals surface area (Å²) in [5.74, 6) is -2.43. The van der Waals surface area contributed by atoms with Crippen LogP contribution in [0.4, 0.5) is 5.69 Å². The highest BCUT2D eigenvalue weighted by Gasteiger charge is 2.51. The van der Waals surface area contributed by atoms with Gasteiger partial charge >= 0.3 is 5.97 Å². The molecule has 2 bridgehead atoms. The Balaban J connectivity index is 1.80. The van der Waals surface area contributed by atoms with Crippen molar-refractivity contribution in [3.8, 4) is 0 Å². The zero-order chi connectivity index (χ0) is 15.1. The summed E-state index contributed by atoms with van der Waals surface area (Å²) < 4.78 is 0. The van der Waals surface area contributed by atoms with Gasteiger partial charge in [-0.2, -0.15) is 0 Å². The van der Waals surface area contributed by atoms with Crippen molar-refractivity contribution in [1.82, 2.24) is 0 Å². The van der Waals surface area contributed by atoms with Crippen LogP contribution >= 0.6 is 23.2 Å². The van der Waals surface area contributed by atoms with E-state index in [-0.39, 0.29) is 17.7 Å². The van der Waals surface area contributed by atoms with Crippen molar-refractivity contribution in [3.63, 3.8) is 0 Å². The summed E-state index contributed by atoms with van der Waals surface area (Å²) in [5, 5.41) is 12.8. The molecule has 0 spiro atoms. The second-order valence-corrected chi connectivity index (χ2v) is 6.27. The van der Waals surface area contributed by atoms with Crippen LogP contribution in [0.15, 0.2) is 30.4 Å². The fourth-order valence-corrected chi connectivity index (χ4v) is 3.61. The summed E-state index contributed by atoms with van der Waals surface area (Å²) in [6.07, 6.45) is 4.59. The van der Waals surface area contributed by atoms with Gasteiger partial charge in [0.05, 0.1) is 21.9 Å². The van der Waals surface area contributed by atoms with Crippen LogP contribution in [0, 0.1) is 23.7 Å². The Bertz CT molecular complexity index is 644. The maximum Gasteiger partial charge on any atom is 0.307 e. The first-order valence-corrected chi connectivity index (χ1v) is 7.40. The largest absolute Gasteiger partial charge is 0.481 e. The van der Waals surface area contributed by atoms with E-state index < -0.39 is 17.8 Å². The summed E-state index contributed by atoms with van der Waals surface area (Å²) in [7, 11) is 0. The molecule has 1 aromatic rings. The van der Waals surface area contributed by atoms with Gasteiger partial charge in [0.15, 0.2) is 0 Å². The molecule has 6 heteroatoms. The second kappa shape index (κ2) is 5.35. The van der Waals surface area contributed by atoms with Gasteiger partial charge in [-0.1, -0.05) is 35.4 Å². The molecule has 0 unspecified atom stereocenters. The van der Waals surface area contributed by atoms with E-state index >= 15 is 0 Å². The number of fused-ring (bicyclic) bond motifs is 2. The van der Waals surface area contributed by atoms with Gasteiger partial charge in [-0.3, -0.25) is 9.59 Å². The molecule has 0 saturated heterocycles. The lowest BCUT2D eigenvalue weighted by atomic mass is 9.82. The average Bonchev–Trinajstić information content (AvgIpc) is 3.03. The monoisotopic (exact) mass is 325 g/mol. The molecule has 3 rings (SSSR count). The standard InChI is InChI=1S/C15H13Cl2NO3/c16-10-4-3-9(6-11(10)17)18-14(19)12-7-1-2-8(5-7)13(12)15(20)21/h1-4,6-8,12-13H,5H2,(H,18,19)(H,20,21)/t7-,8+,12-,13-/m0/s1. The Hall–Kier alpha value is -1.52. The molecule has 1 fully saturated rings. The molecular weight excluding hydrogens is 313 g/mol. The van der Waals surface area contributed by atoms with Crippen LogP contribution in [-0.4, -0.2) is 17.0 Å². The minimum Gasteiger partial charge on any atom is -0.481 e. The van der Waals surface area contributed by atoms with Gasteiger partial charge in [0, 0.05) is 5.69 Å². The highest BCUT2D eigenvalue weighted by Crippen LogP contribution is 2.48. The Morgan fingerprint density at radius 1 is 1.10 bits per heavy atom. The van der Waals surface area contributed by atoms with Crippen molar-refractivity contribution in [2.75, 3.05) is 5.32 Å². The maximum absolute atomic E-state index is 12.4. The lowest BCUT2D eigenvalue weighted by molar-refractivity contribution is -0.146. The molecule has 4 atom stereocenters. The van der Waals surface area contributed by atoms with Crippen LogP contribution in [0.3, 0.4) is 0 Å². The molecule has 1 saturated carbocycles. The number of hydrogen-bond acceptors (Lipinski definition) is 2. The molecule has 1 amide bonds. The summed E-state index contributed by atoms with van der Waals surface area (Å²) >= 11 is 11.7. The predicted octanol–water partition coefficient (Wildman–Crippen LogP) is 3.45. The van der Waals surface area contributed by atoms with Crippen molar-refractivity contribution < 1.29 is 14.7 Å². The summed E-state index contributed by atoms with van der Waals surface area (Å²) in [6.45, 7) is 0. The van der Waals surface area contributed by atoms with Crippen molar-refractivity contribution in [2.24, 2.45) is 23.7 Å². The Labute approximate surface area is 131 Å². The van der Waals surface area contributed by atoms with Gasteiger partial charge in [-0.15, -0.1) is 0 Å². The number of carbonyl (C=O) groups is 2. The molecule has 0 heterocycles. The van der Waals surface area contributed by atoms with E-state index in [9.17, 15) is 14.7 Å². The minimum atomic E-state index is -0.916. The summed E-state index contributed by atoms with van der Waals surface area (Å²) in [6, 6.07) is 4.79. The first kappa shape index (κ1) is 14.4. The minimum absolute atomic E-state index is 0.00104. The molecule has 4 nitrogen and oxygen atoms in total. The molecule has 110 valence electrons. The quantitative estimate of drug-likeness (QED) is 0.836. The van der Waals surface area contributed by atoms with Crippen LogP contribution in [0.2, 0.25) is 10.0 Å². The molecular formula is C15H13Cl2NO3. The predicted molar refractivity (Wildman–Crippen MR) is 80.4 cm³/mol.